The molecule has 3 heterocycles. The summed E-state index contributed by atoms with van der Waals surface area (Å²) < 4.78 is 55.7. The van der Waals surface area contributed by atoms with E-state index in [4.69, 9.17) is 42.2 Å². The van der Waals surface area contributed by atoms with Gasteiger partial charge in [0.15, 0.2) is 33.0 Å². The van der Waals surface area contributed by atoms with Gasteiger partial charge in [0.1, 0.15) is 41.2 Å². The van der Waals surface area contributed by atoms with Crippen molar-refractivity contribution in [2.45, 2.75) is 141 Å². The molecule has 3 unspecified atom stereocenters. The largest absolute Gasteiger partial charge is 0.497 e. The van der Waals surface area contributed by atoms with E-state index in [0.29, 0.717) is 23.2 Å². The molecule has 0 bridgehead atoms. The molecule has 2 amide bonds. The van der Waals surface area contributed by atoms with Crippen molar-refractivity contribution in [3.8, 4) is 23.3 Å². The number of fused-ring (bicyclic) bond motifs is 1. The van der Waals surface area contributed by atoms with Crippen molar-refractivity contribution in [2.24, 2.45) is 15.0 Å². The van der Waals surface area contributed by atoms with E-state index in [1.165, 1.54) is 6.34 Å². The van der Waals surface area contributed by atoms with Crippen LogP contribution in [0.1, 0.15) is 96.9 Å². The Morgan fingerprint density at radius 2 is 1.41 bits per heavy atom. The van der Waals surface area contributed by atoms with Crippen molar-refractivity contribution in [1.29, 1.82) is 5.26 Å². The van der Waals surface area contributed by atoms with Crippen molar-refractivity contribution < 1.29 is 46.7 Å². The summed E-state index contributed by atoms with van der Waals surface area (Å²) in [6.45, 7) is 23.0. The van der Waals surface area contributed by atoms with Crippen molar-refractivity contribution in [2.75, 3.05) is 34.0 Å². The highest BCUT2D eigenvalue weighted by atomic mass is 31.2. The molecule has 3 aliphatic rings. The van der Waals surface area contributed by atoms with Crippen LogP contribution >= 0.6 is 8.53 Å². The number of carbonyl (C=O) groups excluding carboxylic acids is 2. The van der Waals surface area contributed by atoms with Crippen LogP contribution in [0.15, 0.2) is 118 Å². The smallest absolute Gasteiger partial charge is 0.281 e. The van der Waals surface area contributed by atoms with Gasteiger partial charge in [0.05, 0.1) is 46.3 Å². The van der Waals surface area contributed by atoms with E-state index in [9.17, 15) is 14.9 Å². The molecule has 7 rings (SSSR count). The Labute approximate surface area is 450 Å². The van der Waals surface area contributed by atoms with E-state index in [0.717, 1.165) is 22.3 Å². The number of hydrogen-bond acceptors (Lipinski definition) is 15. The number of benzene rings is 4. The number of methoxy groups -OCH3 is 2. The van der Waals surface area contributed by atoms with Gasteiger partial charge in [-0.1, -0.05) is 101 Å². The second-order valence-electron chi connectivity index (χ2n) is 21.2. The van der Waals surface area contributed by atoms with Gasteiger partial charge in [-0.2, -0.15) is 15.2 Å². The highest BCUT2D eigenvalue weighted by Crippen LogP contribution is 2.52. The van der Waals surface area contributed by atoms with Crippen LogP contribution in [-0.4, -0.2) is 125 Å². The van der Waals surface area contributed by atoms with E-state index in [1.807, 2.05) is 103 Å². The third-order valence-corrected chi connectivity index (χ3v) is 20.6. The standard InChI is InChI=1S/C57H74N7O10PSi/c1-37(2)40-20-26-46(27-21-40)69-35-48(65)60-55-61-52-49(53(66)62-55)59-36-63(52)54-51(74-76(12,13)56(7,8)9)50(73-75(71-33-17-32-58)64(38(3)4)39(5)6)47(72-54)34-70-57(41-18-15-14-16-19-41,42-22-28-44(67-10)29-23-42)43-24-30-45(68-11)31-25-43/h14-16,18-31,36-39,47,49-51,54H,17,33-35H2,1-13H3,(H,60,62,65,66)/t47-,49?,50+,51?,54-,75?/m1/s1. The molecule has 0 saturated carbocycles. The Morgan fingerprint density at radius 3 is 1.95 bits per heavy atom. The second-order valence-corrected chi connectivity index (χ2v) is 27.4. The van der Waals surface area contributed by atoms with Crippen LogP contribution in [0.25, 0.3) is 0 Å². The van der Waals surface area contributed by atoms with Crippen LogP contribution in [-0.2, 0) is 38.1 Å². The molecular weight excluding hydrogens is 1000 g/mol. The number of aliphatic imine (C=N–C) groups is 3. The highest BCUT2D eigenvalue weighted by molar-refractivity contribution is 7.44. The van der Waals surface area contributed by atoms with E-state index >= 15 is 0 Å². The number of hydrogen-bond donors (Lipinski definition) is 1. The summed E-state index contributed by atoms with van der Waals surface area (Å²) in [7, 11) is -1.38. The van der Waals surface area contributed by atoms with E-state index in [1.54, 1.807) is 19.1 Å². The zero-order chi connectivity index (χ0) is 55.0. The molecule has 0 spiro atoms. The van der Waals surface area contributed by atoms with Gasteiger partial charge in [-0.05, 0) is 110 Å². The molecule has 0 aliphatic carbocycles. The molecule has 4 aromatic rings. The van der Waals surface area contributed by atoms with Crippen LogP contribution in [0.2, 0.25) is 18.1 Å². The number of amidine groups is 1. The fourth-order valence-electron chi connectivity index (χ4n) is 9.02. The van der Waals surface area contributed by atoms with Gasteiger partial charge in [0.25, 0.3) is 20.3 Å². The molecule has 6 atom stereocenters. The van der Waals surface area contributed by atoms with E-state index in [-0.39, 0.29) is 55.2 Å². The molecule has 1 N–H and O–H groups in total. The molecule has 17 nitrogen and oxygen atoms in total. The molecule has 406 valence electrons. The lowest BCUT2D eigenvalue weighted by Crippen LogP contribution is -2.55. The summed E-state index contributed by atoms with van der Waals surface area (Å²) in [4.78, 5) is 42.5. The Balaban J connectivity index is 1.33. The Kier molecular flexibility index (Phi) is 19.1. The maximum Gasteiger partial charge on any atom is 0.281 e. The number of ether oxygens (including phenoxy) is 5. The molecule has 3 aliphatic heterocycles. The fourth-order valence-corrected chi connectivity index (χ4v) is 12.1. The zero-order valence-electron chi connectivity index (χ0n) is 46.1. The predicted molar refractivity (Wildman–Crippen MR) is 297 cm³/mol. The van der Waals surface area contributed by atoms with Gasteiger partial charge >= 0.3 is 0 Å². The number of nitriles is 1. The minimum absolute atomic E-state index is 0.0329. The highest BCUT2D eigenvalue weighted by Gasteiger charge is 2.57. The number of nitrogens with one attached hydrogen (secondary N) is 1. The first-order valence-electron chi connectivity index (χ1n) is 25.8. The lowest BCUT2D eigenvalue weighted by atomic mass is 9.80. The van der Waals surface area contributed by atoms with Crippen LogP contribution in [0, 0.1) is 11.3 Å². The van der Waals surface area contributed by atoms with E-state index in [2.05, 4.69) is 101 Å². The first kappa shape index (κ1) is 57.8. The number of carbonyl (C=O) groups is 2. The Hall–Kier alpha value is -5.87. The maximum atomic E-state index is 13.9. The third kappa shape index (κ3) is 13.1. The van der Waals surface area contributed by atoms with Crippen molar-refractivity contribution in [1.82, 2.24) is 14.9 Å². The van der Waals surface area contributed by atoms with Crippen molar-refractivity contribution in [3.05, 3.63) is 125 Å². The lowest BCUT2D eigenvalue weighted by molar-refractivity contribution is -0.121. The maximum absolute atomic E-state index is 13.9. The molecule has 4 aromatic carbocycles. The lowest BCUT2D eigenvalue weighted by Gasteiger charge is -2.43. The normalized spacial score (nSPS) is 20.2. The van der Waals surface area contributed by atoms with Crippen molar-refractivity contribution in [3.63, 3.8) is 0 Å². The zero-order valence-corrected chi connectivity index (χ0v) is 47.9. The predicted octanol–water partition coefficient (Wildman–Crippen LogP) is 10.1. The molecule has 1 fully saturated rings. The average Bonchev–Trinajstić information content (AvgIpc) is 3.99. The van der Waals surface area contributed by atoms with Gasteiger partial charge in [0, 0.05) is 12.1 Å². The second kappa shape index (κ2) is 25.1. The van der Waals surface area contributed by atoms with Gasteiger partial charge in [0.2, 0.25) is 5.96 Å². The first-order chi connectivity index (χ1) is 36.2. The quantitative estimate of drug-likeness (QED) is 0.0320. The summed E-state index contributed by atoms with van der Waals surface area (Å²) in [6, 6.07) is 34.1. The fraction of sp³-hybridized carbons (Fsp3) is 0.474. The molecule has 0 radical (unpaired) electrons. The summed E-state index contributed by atoms with van der Waals surface area (Å²) in [5.41, 5.74) is 2.36. The van der Waals surface area contributed by atoms with Crippen LogP contribution in [0.5, 0.6) is 17.2 Å². The molecular formula is C57H74N7O10PSi. The Bertz CT molecular complexity index is 2670. The molecule has 0 aromatic heterocycles. The van der Waals surface area contributed by atoms with Crippen LogP contribution in [0.3, 0.4) is 0 Å². The molecule has 1 saturated heterocycles. The van der Waals surface area contributed by atoms with Gasteiger partial charge in [-0.3, -0.25) is 24.8 Å². The van der Waals surface area contributed by atoms with E-state index < -0.39 is 64.8 Å². The average molecular weight is 1080 g/mol. The van der Waals surface area contributed by atoms with Gasteiger partial charge in [-0.25, -0.2) is 4.67 Å². The number of nitrogens with zero attached hydrogens (tertiary/aromatic N) is 6. The summed E-state index contributed by atoms with van der Waals surface area (Å²) in [5, 5.41) is 12.1. The monoisotopic (exact) mass is 1080 g/mol. The van der Waals surface area contributed by atoms with Gasteiger partial charge < -0.3 is 37.2 Å². The minimum Gasteiger partial charge on any atom is -0.497 e. The third-order valence-electron chi connectivity index (χ3n) is 14.0. The van der Waals surface area contributed by atoms with Gasteiger partial charge in [-0.15, -0.1) is 0 Å². The van der Waals surface area contributed by atoms with Crippen LogP contribution < -0.4 is 19.5 Å². The van der Waals surface area contributed by atoms with Crippen molar-refractivity contribution >= 4 is 46.8 Å². The molecule has 76 heavy (non-hydrogen) atoms. The number of rotatable bonds is 23. The topological polar surface area (TPSA) is 187 Å². The number of guanidine groups is 1. The summed E-state index contributed by atoms with van der Waals surface area (Å²) in [6.07, 6.45) is -2.04. The Morgan fingerprint density at radius 1 is 0.829 bits per heavy atom. The van der Waals surface area contributed by atoms with Crippen LogP contribution in [0.4, 0.5) is 0 Å². The summed E-state index contributed by atoms with van der Waals surface area (Å²) >= 11 is 0. The summed E-state index contributed by atoms with van der Waals surface area (Å²) in [5.74, 6) is 0.990. The minimum atomic E-state index is -2.75. The first-order valence-corrected chi connectivity index (χ1v) is 29.9. The molecule has 19 heteroatoms. The number of amides is 2. The SMILES string of the molecule is COc1ccc(C(OC[C@H]2O[C@@H](N3C=NC4C(=O)N=C(NC(=O)COc5ccc(C(C)C)cc5)N=C43)C(O[Si](C)(C)C(C)(C)C)[C@H]2OP(OCCC#N)N(C(C)C)C(C)C)(c2ccccc2)c2ccc(OC)cc2)cc1.